The number of nitriles is 1. The van der Waals surface area contributed by atoms with Gasteiger partial charge in [0.1, 0.15) is 0 Å². The Bertz CT molecular complexity index is 414. The van der Waals surface area contributed by atoms with E-state index >= 15 is 0 Å². The van der Waals surface area contributed by atoms with Gasteiger partial charge in [0.05, 0.1) is 11.6 Å². The lowest BCUT2D eigenvalue weighted by Crippen LogP contribution is -2.11. The Balaban J connectivity index is 1.98. The highest BCUT2D eigenvalue weighted by Crippen LogP contribution is 2.36. The summed E-state index contributed by atoms with van der Waals surface area (Å²) in [4.78, 5) is 0. The third-order valence-electron chi connectivity index (χ3n) is 3.75. The van der Waals surface area contributed by atoms with Gasteiger partial charge in [0.2, 0.25) is 0 Å². The molecule has 0 bridgehead atoms. The van der Waals surface area contributed by atoms with Crippen molar-refractivity contribution in [2.45, 2.75) is 38.5 Å². The van der Waals surface area contributed by atoms with E-state index in [-0.39, 0.29) is 0 Å². The van der Waals surface area contributed by atoms with Gasteiger partial charge in [-0.15, -0.1) is 0 Å². The van der Waals surface area contributed by atoms with Crippen molar-refractivity contribution in [3.8, 4) is 6.07 Å². The number of benzene rings is 1. The summed E-state index contributed by atoms with van der Waals surface area (Å²) in [6.07, 6.45) is 9.67. The zero-order valence-electron chi connectivity index (χ0n) is 10.4. The van der Waals surface area contributed by atoms with E-state index in [1.54, 1.807) is 0 Å². The van der Waals surface area contributed by atoms with E-state index in [0.717, 1.165) is 11.5 Å². The fourth-order valence-corrected chi connectivity index (χ4v) is 2.75. The quantitative estimate of drug-likeness (QED) is 0.684. The largest absolute Gasteiger partial charge is 0.192 e. The number of hydrogen-bond donors (Lipinski definition) is 0. The van der Waals surface area contributed by atoms with Crippen LogP contribution in [0.15, 0.2) is 36.4 Å². The standard InChI is InChI=1S/C16H19N/c1-2-3-13-4-8-15(9-5-13)16-10-6-14(12-17)7-11-16/h2-3,6-7,10-11,13,15H,4-5,8-9H2,1H3/b3-2+. The summed E-state index contributed by atoms with van der Waals surface area (Å²) in [5.41, 5.74) is 2.17. The molecule has 0 aliphatic heterocycles. The van der Waals surface area contributed by atoms with Crippen molar-refractivity contribution in [2.24, 2.45) is 5.92 Å². The van der Waals surface area contributed by atoms with Gasteiger partial charge in [0.15, 0.2) is 0 Å². The number of allylic oxidation sites excluding steroid dienone is 2. The molecule has 1 nitrogen and oxygen atoms in total. The van der Waals surface area contributed by atoms with Crippen LogP contribution in [0.4, 0.5) is 0 Å². The monoisotopic (exact) mass is 225 g/mol. The van der Waals surface area contributed by atoms with Gasteiger partial charge in [-0.2, -0.15) is 5.26 Å². The van der Waals surface area contributed by atoms with Crippen molar-refractivity contribution in [1.29, 1.82) is 5.26 Å². The van der Waals surface area contributed by atoms with Crippen molar-refractivity contribution in [3.05, 3.63) is 47.5 Å². The fraction of sp³-hybridized carbons (Fsp3) is 0.438. The van der Waals surface area contributed by atoms with Crippen LogP contribution in [0.1, 0.15) is 49.7 Å². The molecule has 0 unspecified atom stereocenters. The second kappa shape index (κ2) is 5.68. The summed E-state index contributed by atoms with van der Waals surface area (Å²) in [6.45, 7) is 2.10. The first-order valence-electron chi connectivity index (χ1n) is 6.46. The molecule has 0 spiro atoms. The highest BCUT2D eigenvalue weighted by atomic mass is 14.3. The van der Waals surface area contributed by atoms with Gasteiger partial charge in [-0.3, -0.25) is 0 Å². The van der Waals surface area contributed by atoms with Crippen molar-refractivity contribution < 1.29 is 0 Å². The molecule has 1 aromatic carbocycles. The van der Waals surface area contributed by atoms with E-state index in [9.17, 15) is 0 Å². The Morgan fingerprint density at radius 3 is 2.29 bits per heavy atom. The first-order chi connectivity index (χ1) is 8.33. The van der Waals surface area contributed by atoms with Crippen LogP contribution in [0.25, 0.3) is 0 Å². The van der Waals surface area contributed by atoms with E-state index in [1.165, 1.54) is 31.2 Å². The van der Waals surface area contributed by atoms with Gasteiger partial charge in [0.25, 0.3) is 0 Å². The zero-order chi connectivity index (χ0) is 12.1. The summed E-state index contributed by atoms with van der Waals surface area (Å²) in [6, 6.07) is 10.3. The smallest absolute Gasteiger partial charge is 0.0991 e. The minimum atomic E-state index is 0.698. The third-order valence-corrected chi connectivity index (χ3v) is 3.75. The van der Waals surface area contributed by atoms with Crippen LogP contribution in [-0.4, -0.2) is 0 Å². The van der Waals surface area contributed by atoms with Crippen LogP contribution in [0.3, 0.4) is 0 Å². The second-order valence-corrected chi connectivity index (χ2v) is 4.87. The molecular weight excluding hydrogens is 206 g/mol. The van der Waals surface area contributed by atoms with E-state index in [4.69, 9.17) is 5.26 Å². The number of rotatable bonds is 2. The van der Waals surface area contributed by atoms with Crippen LogP contribution < -0.4 is 0 Å². The predicted octanol–water partition coefficient (Wildman–Crippen LogP) is 4.41. The number of hydrogen-bond acceptors (Lipinski definition) is 1. The van der Waals surface area contributed by atoms with Gasteiger partial charge < -0.3 is 0 Å². The molecule has 1 saturated carbocycles. The maximum absolute atomic E-state index is 8.77. The first-order valence-corrected chi connectivity index (χ1v) is 6.46. The van der Waals surface area contributed by atoms with E-state index in [1.807, 2.05) is 12.1 Å². The van der Waals surface area contributed by atoms with Gasteiger partial charge in [-0.25, -0.2) is 0 Å². The van der Waals surface area contributed by atoms with Crippen LogP contribution in [0.2, 0.25) is 0 Å². The molecule has 0 amide bonds. The Labute approximate surface area is 104 Å². The summed E-state index contributed by atoms with van der Waals surface area (Å²) in [5, 5.41) is 8.77. The summed E-state index contributed by atoms with van der Waals surface area (Å²) < 4.78 is 0. The van der Waals surface area contributed by atoms with Crippen LogP contribution >= 0.6 is 0 Å². The van der Waals surface area contributed by atoms with Crippen molar-refractivity contribution in [3.63, 3.8) is 0 Å². The molecule has 2 rings (SSSR count). The molecule has 1 fully saturated rings. The van der Waals surface area contributed by atoms with E-state index < -0.39 is 0 Å². The average molecular weight is 225 g/mol. The lowest BCUT2D eigenvalue weighted by Gasteiger charge is -2.27. The van der Waals surface area contributed by atoms with Crippen molar-refractivity contribution >= 4 is 0 Å². The molecule has 0 heterocycles. The SMILES string of the molecule is C/C=C/C1CCC(c2ccc(C#N)cc2)CC1. The fourth-order valence-electron chi connectivity index (χ4n) is 2.75. The molecule has 0 atom stereocenters. The van der Waals surface area contributed by atoms with Crippen LogP contribution in [-0.2, 0) is 0 Å². The minimum Gasteiger partial charge on any atom is -0.192 e. The Morgan fingerprint density at radius 2 is 1.76 bits per heavy atom. The molecule has 0 aromatic heterocycles. The zero-order valence-corrected chi connectivity index (χ0v) is 10.4. The van der Waals surface area contributed by atoms with Crippen LogP contribution in [0.5, 0.6) is 0 Å². The van der Waals surface area contributed by atoms with Gasteiger partial charge in [0, 0.05) is 0 Å². The average Bonchev–Trinajstić information content (AvgIpc) is 2.40. The highest BCUT2D eigenvalue weighted by Gasteiger charge is 2.20. The van der Waals surface area contributed by atoms with Crippen molar-refractivity contribution in [2.75, 3.05) is 0 Å². The molecule has 0 N–H and O–H groups in total. The molecular formula is C16H19N. The van der Waals surface area contributed by atoms with Gasteiger partial charge in [-0.1, -0.05) is 24.3 Å². The highest BCUT2D eigenvalue weighted by molar-refractivity contribution is 5.33. The van der Waals surface area contributed by atoms with E-state index in [2.05, 4.69) is 37.3 Å². The number of nitrogens with zero attached hydrogens (tertiary/aromatic N) is 1. The molecule has 1 aliphatic rings. The predicted molar refractivity (Wildman–Crippen MR) is 70.7 cm³/mol. The van der Waals surface area contributed by atoms with Gasteiger partial charge in [-0.05, 0) is 62.1 Å². The Morgan fingerprint density at radius 1 is 1.12 bits per heavy atom. The summed E-state index contributed by atoms with van der Waals surface area (Å²) in [7, 11) is 0. The summed E-state index contributed by atoms with van der Waals surface area (Å²) >= 11 is 0. The Kier molecular flexibility index (Phi) is 3.98. The maximum Gasteiger partial charge on any atom is 0.0991 e. The normalized spacial score (nSPS) is 24.7. The molecule has 88 valence electrons. The van der Waals surface area contributed by atoms with Crippen molar-refractivity contribution in [1.82, 2.24) is 0 Å². The molecule has 1 aliphatic carbocycles. The molecule has 1 heteroatoms. The second-order valence-electron chi connectivity index (χ2n) is 4.87. The third kappa shape index (κ3) is 2.97. The maximum atomic E-state index is 8.77. The van der Waals surface area contributed by atoms with Crippen LogP contribution in [0, 0.1) is 17.2 Å². The molecule has 1 aromatic rings. The minimum absolute atomic E-state index is 0.698. The Hall–Kier alpha value is -1.55. The molecule has 0 radical (unpaired) electrons. The lowest BCUT2D eigenvalue weighted by molar-refractivity contribution is 0.375. The van der Waals surface area contributed by atoms with Gasteiger partial charge >= 0.3 is 0 Å². The topological polar surface area (TPSA) is 23.8 Å². The summed E-state index contributed by atoms with van der Waals surface area (Å²) in [5.74, 6) is 1.49. The molecule has 0 saturated heterocycles. The molecule has 17 heavy (non-hydrogen) atoms. The lowest BCUT2D eigenvalue weighted by atomic mass is 9.78. The first kappa shape index (κ1) is 11.9. The van der Waals surface area contributed by atoms with E-state index in [0.29, 0.717) is 5.92 Å².